The summed E-state index contributed by atoms with van der Waals surface area (Å²) in [5.41, 5.74) is 5.33. The zero-order valence-electron chi connectivity index (χ0n) is 40.2. The first kappa shape index (κ1) is 62.3. The second-order valence-corrected chi connectivity index (χ2v) is 18.6. The number of allylic oxidation sites excluding steroid dienone is 6. The Morgan fingerprint density at radius 1 is 0.538 bits per heavy atom. The molecular formula is C50H90NO13P. The number of esters is 2. The number of hydrogen-bond donors (Lipinski definition) is 6. The van der Waals surface area contributed by atoms with Gasteiger partial charge < -0.3 is 40.5 Å². The van der Waals surface area contributed by atoms with Gasteiger partial charge in [-0.1, -0.05) is 210 Å². The lowest BCUT2D eigenvalue weighted by molar-refractivity contribution is -0.161. The van der Waals surface area contributed by atoms with Crippen molar-refractivity contribution in [2.45, 2.75) is 231 Å². The van der Waals surface area contributed by atoms with E-state index in [0.717, 1.165) is 51.4 Å². The van der Waals surface area contributed by atoms with Crippen LogP contribution in [0.25, 0.3) is 0 Å². The highest BCUT2D eigenvalue weighted by Crippen LogP contribution is 2.43. The van der Waals surface area contributed by atoms with Gasteiger partial charge in [0.2, 0.25) is 0 Å². The quantitative estimate of drug-likeness (QED) is 0.0144. The Kier molecular flexibility index (Phi) is 42.1. The molecule has 378 valence electrons. The molecule has 7 N–H and O–H groups in total. The predicted octanol–water partition coefficient (Wildman–Crippen LogP) is 10.6. The minimum Gasteiger partial charge on any atom is -0.480 e. The molecule has 15 heteroatoms. The van der Waals surface area contributed by atoms with Crippen LogP contribution in [-0.4, -0.2) is 93.5 Å². The van der Waals surface area contributed by atoms with E-state index in [9.17, 15) is 39.2 Å². The fourth-order valence-electron chi connectivity index (χ4n) is 6.86. The van der Waals surface area contributed by atoms with Crippen molar-refractivity contribution in [1.29, 1.82) is 0 Å². The summed E-state index contributed by atoms with van der Waals surface area (Å²) < 4.78 is 32.6. The van der Waals surface area contributed by atoms with E-state index >= 15 is 0 Å². The van der Waals surface area contributed by atoms with E-state index < -0.39 is 76.0 Å². The van der Waals surface area contributed by atoms with Gasteiger partial charge in [-0.25, -0.2) is 4.57 Å². The van der Waals surface area contributed by atoms with Gasteiger partial charge in [0, 0.05) is 12.8 Å². The number of aliphatic carboxylic acids is 1. The maximum absolute atomic E-state index is 12.7. The molecule has 0 saturated heterocycles. The fraction of sp³-hybridized carbons (Fsp3) is 0.780. The van der Waals surface area contributed by atoms with E-state index in [1.54, 1.807) is 42.5 Å². The second kappa shape index (κ2) is 43.9. The SMILES string of the molecule is CCCCCCCCCCCCCCCCCCCCCCCC(=O)O[C@H](COC(=O)CCC[C@@H](O)[C@H](O)/C=C/C=C/C=C\C=C\[C@H](O)CCCCC)COP(=O)(O)OC[C@H](N)C(=O)O. The van der Waals surface area contributed by atoms with Gasteiger partial charge in [0.15, 0.2) is 6.10 Å². The Morgan fingerprint density at radius 3 is 1.48 bits per heavy atom. The van der Waals surface area contributed by atoms with Crippen LogP contribution in [0, 0.1) is 0 Å². The highest BCUT2D eigenvalue weighted by molar-refractivity contribution is 7.47. The van der Waals surface area contributed by atoms with Crippen LogP contribution in [-0.2, 0) is 37.5 Å². The lowest BCUT2D eigenvalue weighted by Crippen LogP contribution is -2.34. The molecule has 0 spiro atoms. The topological polar surface area (TPSA) is 232 Å². The van der Waals surface area contributed by atoms with E-state index in [1.807, 2.05) is 0 Å². The number of aliphatic hydroxyl groups excluding tert-OH is 3. The number of phosphoric ester groups is 1. The molecule has 0 heterocycles. The first-order valence-corrected chi connectivity index (χ1v) is 26.5. The number of rotatable bonds is 46. The second-order valence-electron chi connectivity index (χ2n) is 17.2. The van der Waals surface area contributed by atoms with Crippen LogP contribution in [0.15, 0.2) is 48.6 Å². The predicted molar refractivity (Wildman–Crippen MR) is 258 cm³/mol. The molecule has 0 aliphatic carbocycles. The van der Waals surface area contributed by atoms with E-state index in [1.165, 1.54) is 109 Å². The first-order valence-electron chi connectivity index (χ1n) is 25.0. The smallest absolute Gasteiger partial charge is 0.472 e. The maximum atomic E-state index is 12.7. The Labute approximate surface area is 392 Å². The lowest BCUT2D eigenvalue weighted by atomic mass is 10.0. The summed E-state index contributed by atoms with van der Waals surface area (Å²) in [6.45, 7) is 2.38. The monoisotopic (exact) mass is 944 g/mol. The normalized spacial score (nSPS) is 15.4. The molecule has 0 aromatic carbocycles. The number of carbonyl (C=O) groups excluding carboxylic acids is 2. The number of carbonyl (C=O) groups is 3. The van der Waals surface area contributed by atoms with Crippen molar-refractivity contribution in [3.05, 3.63) is 48.6 Å². The molecular weight excluding hydrogens is 854 g/mol. The van der Waals surface area contributed by atoms with Crippen molar-refractivity contribution in [2.75, 3.05) is 19.8 Å². The summed E-state index contributed by atoms with van der Waals surface area (Å²) in [5, 5.41) is 39.4. The summed E-state index contributed by atoms with van der Waals surface area (Å²) in [6.07, 6.45) is 39.7. The molecule has 0 radical (unpaired) electrons. The number of unbranched alkanes of at least 4 members (excludes halogenated alkanes) is 22. The third-order valence-electron chi connectivity index (χ3n) is 10.9. The number of carboxylic acid groups (broad SMARTS) is 1. The molecule has 14 nitrogen and oxygen atoms in total. The summed E-state index contributed by atoms with van der Waals surface area (Å²) in [7, 11) is -4.80. The molecule has 6 atom stereocenters. The van der Waals surface area contributed by atoms with Gasteiger partial charge in [-0.15, -0.1) is 0 Å². The number of phosphoric acid groups is 1. The molecule has 0 aromatic heterocycles. The molecule has 0 aliphatic rings. The van der Waals surface area contributed by atoms with E-state index in [0.29, 0.717) is 6.42 Å². The number of aliphatic hydroxyl groups is 3. The van der Waals surface area contributed by atoms with Crippen LogP contribution in [0.5, 0.6) is 0 Å². The van der Waals surface area contributed by atoms with Crippen LogP contribution in [0.4, 0.5) is 0 Å². The van der Waals surface area contributed by atoms with Gasteiger partial charge in [-0.2, -0.15) is 0 Å². The van der Waals surface area contributed by atoms with Crippen molar-refractivity contribution in [3.63, 3.8) is 0 Å². The molecule has 0 fully saturated rings. The minimum absolute atomic E-state index is 0.0835. The van der Waals surface area contributed by atoms with Crippen molar-refractivity contribution in [1.82, 2.24) is 0 Å². The van der Waals surface area contributed by atoms with Gasteiger partial charge in [-0.3, -0.25) is 23.4 Å². The van der Waals surface area contributed by atoms with Gasteiger partial charge in [-0.05, 0) is 25.7 Å². The summed E-state index contributed by atoms with van der Waals surface area (Å²) in [4.78, 5) is 46.2. The Balaban J connectivity index is 4.52. The van der Waals surface area contributed by atoms with Gasteiger partial charge in [0.25, 0.3) is 0 Å². The zero-order valence-corrected chi connectivity index (χ0v) is 41.1. The van der Waals surface area contributed by atoms with Crippen molar-refractivity contribution < 1.29 is 62.8 Å². The van der Waals surface area contributed by atoms with E-state index in [2.05, 4.69) is 18.4 Å². The highest BCUT2D eigenvalue weighted by atomic mass is 31.2. The summed E-state index contributed by atoms with van der Waals surface area (Å²) in [5.74, 6) is -2.74. The van der Waals surface area contributed by atoms with Crippen LogP contribution >= 0.6 is 7.82 Å². The average Bonchev–Trinajstić information content (AvgIpc) is 3.27. The molecule has 0 saturated carbocycles. The molecule has 0 amide bonds. The third-order valence-corrected chi connectivity index (χ3v) is 11.9. The summed E-state index contributed by atoms with van der Waals surface area (Å²) in [6, 6.07) is -1.57. The zero-order chi connectivity index (χ0) is 48.2. The average molecular weight is 944 g/mol. The molecule has 0 bridgehead atoms. The number of nitrogens with two attached hydrogens (primary N) is 1. The third kappa shape index (κ3) is 42.4. The van der Waals surface area contributed by atoms with Gasteiger partial charge >= 0.3 is 25.7 Å². The van der Waals surface area contributed by atoms with E-state index in [4.69, 9.17) is 24.8 Å². The van der Waals surface area contributed by atoms with Crippen LogP contribution in [0.3, 0.4) is 0 Å². The van der Waals surface area contributed by atoms with Crippen LogP contribution < -0.4 is 5.73 Å². The molecule has 0 aromatic rings. The number of ether oxygens (including phenoxy) is 2. The lowest BCUT2D eigenvalue weighted by Gasteiger charge is -2.20. The fourth-order valence-corrected chi connectivity index (χ4v) is 7.64. The largest absolute Gasteiger partial charge is 0.480 e. The van der Waals surface area contributed by atoms with Gasteiger partial charge in [0.1, 0.15) is 12.6 Å². The first-order chi connectivity index (χ1) is 31.3. The molecule has 0 aliphatic heterocycles. The van der Waals surface area contributed by atoms with Crippen LogP contribution in [0.2, 0.25) is 0 Å². The Hall–Kier alpha value is -2.68. The Bertz CT molecular complexity index is 1340. The van der Waals surface area contributed by atoms with E-state index in [-0.39, 0.29) is 25.7 Å². The number of carboxylic acids is 1. The molecule has 1 unspecified atom stereocenters. The van der Waals surface area contributed by atoms with Gasteiger partial charge in [0.05, 0.1) is 31.5 Å². The number of hydrogen-bond acceptors (Lipinski definition) is 12. The summed E-state index contributed by atoms with van der Waals surface area (Å²) >= 11 is 0. The van der Waals surface area contributed by atoms with Crippen molar-refractivity contribution in [3.8, 4) is 0 Å². The standard InChI is InChI=1S/C50H90NO13P/c1-3-5-7-8-9-10-11-12-13-14-15-16-17-18-19-20-21-22-23-28-32-38-49(56)64-44(41-62-65(59,60)63-42-45(51)50(57)58)40-61-48(55)39-33-37-47(54)46(53)36-31-27-25-24-26-30-35-43(52)34-29-6-4-2/h24-27,30-31,35-36,43-47,52-54H,3-23,28-29,32-34,37-42,51H2,1-2H3,(H,57,58)(H,59,60)/b26-24-,27-25+,35-30+,36-31+/t43-,44-,45+,46-,47-/m1/s1. The van der Waals surface area contributed by atoms with Crippen molar-refractivity contribution in [2.24, 2.45) is 5.73 Å². The Morgan fingerprint density at radius 2 is 0.969 bits per heavy atom. The van der Waals surface area contributed by atoms with Crippen LogP contribution in [0.1, 0.15) is 200 Å². The molecule has 65 heavy (non-hydrogen) atoms. The highest BCUT2D eigenvalue weighted by Gasteiger charge is 2.28. The maximum Gasteiger partial charge on any atom is 0.472 e. The van der Waals surface area contributed by atoms with Crippen molar-refractivity contribution >= 4 is 25.7 Å². The minimum atomic E-state index is -4.80. The molecule has 0 rings (SSSR count).